The molecule has 120 valence electrons. The first-order valence-electron chi connectivity index (χ1n) is 7.23. The highest BCUT2D eigenvalue weighted by Crippen LogP contribution is 2.13. The van der Waals surface area contributed by atoms with Crippen molar-refractivity contribution in [3.63, 3.8) is 0 Å². The second kappa shape index (κ2) is 8.47. The third-order valence-corrected chi connectivity index (χ3v) is 4.35. The zero-order valence-electron chi connectivity index (χ0n) is 12.6. The molecule has 8 heteroatoms. The number of hydrogen-bond donors (Lipinski definition) is 2. The molecule has 1 aliphatic rings. The molecule has 0 radical (unpaired) electrons. The minimum absolute atomic E-state index is 0. The number of fused-ring (bicyclic) bond motifs is 1. The van der Waals surface area contributed by atoms with Crippen LogP contribution < -0.4 is 10.6 Å². The molecule has 0 saturated heterocycles. The molecule has 1 aliphatic heterocycles. The highest BCUT2D eigenvalue weighted by Gasteiger charge is 2.15. The number of aliphatic imine (C=N–C) groups is 1. The van der Waals surface area contributed by atoms with Crippen LogP contribution in [-0.2, 0) is 26.1 Å². The van der Waals surface area contributed by atoms with Gasteiger partial charge in [-0.05, 0) is 35.2 Å². The van der Waals surface area contributed by atoms with Crippen molar-refractivity contribution in [1.82, 2.24) is 25.4 Å². The summed E-state index contributed by atoms with van der Waals surface area (Å²) in [5, 5.41) is 19.4. The molecule has 0 aromatic carbocycles. The number of guanidine groups is 1. The monoisotopic (exact) mass is 432 g/mol. The van der Waals surface area contributed by atoms with Gasteiger partial charge in [-0.25, -0.2) is 0 Å². The van der Waals surface area contributed by atoms with E-state index in [1.165, 1.54) is 18.4 Å². The van der Waals surface area contributed by atoms with Crippen LogP contribution in [-0.4, -0.2) is 27.8 Å². The summed E-state index contributed by atoms with van der Waals surface area (Å²) in [6.45, 7) is 2.46. The maximum absolute atomic E-state index is 4.28. The van der Waals surface area contributed by atoms with Crippen molar-refractivity contribution < 1.29 is 0 Å². The minimum atomic E-state index is 0. The standard InChI is InChI=1S/C14H20N6S.HI/c1-15-14(16-8-11-5-7-21-10-11)17-9-13-19-18-12-4-2-3-6-20(12)13;/h5,7,10H,2-4,6,8-9H2,1H3,(H2,15,16,17);1H. The van der Waals surface area contributed by atoms with Gasteiger partial charge in [0.1, 0.15) is 5.82 Å². The Labute approximate surface area is 151 Å². The zero-order valence-corrected chi connectivity index (χ0v) is 15.7. The minimum Gasteiger partial charge on any atom is -0.352 e. The van der Waals surface area contributed by atoms with Gasteiger partial charge in [0.05, 0.1) is 6.54 Å². The molecule has 3 rings (SSSR count). The molecular formula is C14H21IN6S. The van der Waals surface area contributed by atoms with Gasteiger partial charge >= 0.3 is 0 Å². The third kappa shape index (κ3) is 4.19. The van der Waals surface area contributed by atoms with Crippen molar-refractivity contribution in [2.45, 2.75) is 38.9 Å². The van der Waals surface area contributed by atoms with Gasteiger partial charge in [0.2, 0.25) is 0 Å². The van der Waals surface area contributed by atoms with E-state index in [0.717, 1.165) is 37.1 Å². The molecular weight excluding hydrogens is 411 g/mol. The zero-order chi connectivity index (χ0) is 14.5. The van der Waals surface area contributed by atoms with Gasteiger partial charge in [0.25, 0.3) is 0 Å². The Balaban J connectivity index is 0.00000176. The lowest BCUT2D eigenvalue weighted by molar-refractivity contribution is 0.504. The summed E-state index contributed by atoms with van der Waals surface area (Å²) in [6, 6.07) is 2.11. The van der Waals surface area contributed by atoms with Gasteiger partial charge < -0.3 is 15.2 Å². The van der Waals surface area contributed by atoms with Crippen molar-refractivity contribution in [1.29, 1.82) is 0 Å². The lowest BCUT2D eigenvalue weighted by atomic mass is 10.2. The summed E-state index contributed by atoms with van der Waals surface area (Å²) < 4.78 is 2.22. The van der Waals surface area contributed by atoms with E-state index >= 15 is 0 Å². The average Bonchev–Trinajstić information content (AvgIpc) is 3.17. The SMILES string of the molecule is CN=C(NCc1ccsc1)NCc1nnc2n1CCCC2.I. The van der Waals surface area contributed by atoms with Crippen LogP contribution in [0.2, 0.25) is 0 Å². The number of halogens is 1. The Bertz CT molecular complexity index is 607. The maximum atomic E-state index is 4.28. The fourth-order valence-electron chi connectivity index (χ4n) is 2.46. The smallest absolute Gasteiger partial charge is 0.191 e. The Hall–Kier alpha value is -1.16. The van der Waals surface area contributed by atoms with Crippen LogP contribution in [0.1, 0.15) is 30.1 Å². The van der Waals surface area contributed by atoms with Crippen LogP contribution in [0, 0.1) is 0 Å². The molecule has 0 saturated carbocycles. The molecule has 22 heavy (non-hydrogen) atoms. The van der Waals surface area contributed by atoms with E-state index in [4.69, 9.17) is 0 Å². The predicted molar refractivity (Wildman–Crippen MR) is 99.7 cm³/mol. The van der Waals surface area contributed by atoms with Gasteiger partial charge in [-0.3, -0.25) is 4.99 Å². The predicted octanol–water partition coefficient (Wildman–Crippen LogP) is 2.16. The Morgan fingerprint density at radius 1 is 1.32 bits per heavy atom. The lowest BCUT2D eigenvalue weighted by Gasteiger charge is -2.16. The Morgan fingerprint density at radius 3 is 2.95 bits per heavy atom. The van der Waals surface area contributed by atoms with Crippen molar-refractivity contribution in [2.75, 3.05) is 7.05 Å². The molecule has 0 bridgehead atoms. The molecule has 0 spiro atoms. The van der Waals surface area contributed by atoms with Crippen LogP contribution in [0.4, 0.5) is 0 Å². The summed E-state index contributed by atoms with van der Waals surface area (Å²) in [4.78, 5) is 4.24. The van der Waals surface area contributed by atoms with Crippen LogP contribution in [0.25, 0.3) is 0 Å². The highest BCUT2D eigenvalue weighted by molar-refractivity contribution is 14.0. The normalized spacial score (nSPS) is 14.1. The van der Waals surface area contributed by atoms with Gasteiger partial charge in [0.15, 0.2) is 11.8 Å². The van der Waals surface area contributed by atoms with E-state index in [1.807, 2.05) is 0 Å². The fourth-order valence-corrected chi connectivity index (χ4v) is 3.13. The molecule has 0 amide bonds. The van der Waals surface area contributed by atoms with E-state index in [9.17, 15) is 0 Å². The largest absolute Gasteiger partial charge is 0.352 e. The van der Waals surface area contributed by atoms with Crippen LogP contribution in [0.15, 0.2) is 21.8 Å². The lowest BCUT2D eigenvalue weighted by Crippen LogP contribution is -2.37. The highest BCUT2D eigenvalue weighted by atomic mass is 127. The summed E-state index contributed by atoms with van der Waals surface area (Å²) in [7, 11) is 1.78. The molecule has 2 aromatic heterocycles. The van der Waals surface area contributed by atoms with Crippen molar-refractivity contribution in [2.24, 2.45) is 4.99 Å². The second-order valence-electron chi connectivity index (χ2n) is 5.05. The summed E-state index contributed by atoms with van der Waals surface area (Å²) >= 11 is 1.70. The fraction of sp³-hybridized carbons (Fsp3) is 0.500. The van der Waals surface area contributed by atoms with Crippen molar-refractivity contribution in [3.05, 3.63) is 34.0 Å². The quantitative estimate of drug-likeness (QED) is 0.442. The van der Waals surface area contributed by atoms with Crippen LogP contribution in [0.5, 0.6) is 0 Å². The van der Waals surface area contributed by atoms with Crippen molar-refractivity contribution in [3.8, 4) is 0 Å². The first-order valence-corrected chi connectivity index (χ1v) is 8.17. The van der Waals surface area contributed by atoms with Crippen LogP contribution in [0.3, 0.4) is 0 Å². The van der Waals surface area contributed by atoms with E-state index < -0.39 is 0 Å². The molecule has 0 aliphatic carbocycles. The summed E-state index contributed by atoms with van der Waals surface area (Å²) in [5.41, 5.74) is 1.27. The third-order valence-electron chi connectivity index (χ3n) is 3.61. The summed E-state index contributed by atoms with van der Waals surface area (Å²) in [6.07, 6.45) is 3.47. The maximum Gasteiger partial charge on any atom is 0.191 e. The van der Waals surface area contributed by atoms with Gasteiger partial charge in [-0.15, -0.1) is 34.2 Å². The number of aryl methyl sites for hydroxylation is 1. The molecule has 2 aromatic rings. The number of rotatable bonds is 4. The topological polar surface area (TPSA) is 67.1 Å². The molecule has 2 N–H and O–H groups in total. The van der Waals surface area contributed by atoms with E-state index in [0.29, 0.717) is 6.54 Å². The molecule has 0 fully saturated rings. The molecule has 0 atom stereocenters. The number of aromatic nitrogens is 3. The molecule has 6 nitrogen and oxygen atoms in total. The average molecular weight is 432 g/mol. The first kappa shape index (κ1) is 17.2. The first-order chi connectivity index (χ1) is 10.4. The number of nitrogens with one attached hydrogen (secondary N) is 2. The summed E-state index contributed by atoms with van der Waals surface area (Å²) in [5.74, 6) is 2.89. The van der Waals surface area contributed by atoms with E-state index in [2.05, 4.69) is 47.2 Å². The van der Waals surface area contributed by atoms with Gasteiger partial charge in [-0.2, -0.15) is 11.3 Å². The van der Waals surface area contributed by atoms with E-state index in [-0.39, 0.29) is 24.0 Å². The molecule has 0 unspecified atom stereocenters. The Kier molecular flexibility index (Phi) is 6.62. The van der Waals surface area contributed by atoms with Crippen LogP contribution >= 0.6 is 35.3 Å². The molecule has 3 heterocycles. The second-order valence-corrected chi connectivity index (χ2v) is 5.83. The van der Waals surface area contributed by atoms with Gasteiger partial charge in [0, 0.05) is 26.6 Å². The number of nitrogens with zero attached hydrogens (tertiary/aromatic N) is 4. The number of hydrogen-bond acceptors (Lipinski definition) is 4. The van der Waals surface area contributed by atoms with Gasteiger partial charge in [-0.1, -0.05) is 0 Å². The van der Waals surface area contributed by atoms with Crippen molar-refractivity contribution >= 4 is 41.3 Å². The van der Waals surface area contributed by atoms with E-state index in [1.54, 1.807) is 18.4 Å². The number of thiophene rings is 1. The Morgan fingerprint density at radius 2 is 2.18 bits per heavy atom.